The Labute approximate surface area is 93.1 Å². The second-order valence-electron chi connectivity index (χ2n) is 4.13. The summed E-state index contributed by atoms with van der Waals surface area (Å²) in [6, 6.07) is 0. The zero-order valence-electron chi connectivity index (χ0n) is 10.3. The van der Waals surface area contributed by atoms with Crippen molar-refractivity contribution in [3.63, 3.8) is 0 Å². The topological polar surface area (TPSA) is 29.5 Å². The van der Waals surface area contributed by atoms with E-state index in [1.165, 1.54) is 12.2 Å². The Morgan fingerprint density at radius 3 is 2.60 bits per heavy atom. The van der Waals surface area contributed by atoms with Gasteiger partial charge in [0.25, 0.3) is 0 Å². The molecule has 0 aliphatic rings. The molecule has 0 aromatic carbocycles. The molecular formula is C12H23NO2. The Bertz CT molecular complexity index is 204. The van der Waals surface area contributed by atoms with Gasteiger partial charge in [0.1, 0.15) is 0 Å². The summed E-state index contributed by atoms with van der Waals surface area (Å²) in [5, 5.41) is 1.30. The van der Waals surface area contributed by atoms with Gasteiger partial charge in [0.05, 0.1) is 7.11 Å². The van der Waals surface area contributed by atoms with Gasteiger partial charge in [0.2, 0.25) is 5.91 Å². The number of hydrogen-bond acceptors (Lipinski definition) is 2. The molecule has 0 heterocycles. The maximum Gasteiger partial charge on any atom is 0.248 e. The van der Waals surface area contributed by atoms with Gasteiger partial charge in [-0.1, -0.05) is 19.9 Å². The summed E-state index contributed by atoms with van der Waals surface area (Å²) in [4.78, 5) is 16.5. The standard InChI is InChI=1S/C12H23NO2/c1-6-7-8-10(2)9-11(3)12(14)13(4)15-5/h6,10-11H,1,7-9H2,2-5H3/t10-,11?/m1/s1. The minimum absolute atomic E-state index is 0.0229. The van der Waals surface area contributed by atoms with E-state index in [9.17, 15) is 4.79 Å². The Morgan fingerprint density at radius 1 is 1.53 bits per heavy atom. The smallest absolute Gasteiger partial charge is 0.248 e. The van der Waals surface area contributed by atoms with Gasteiger partial charge in [-0.15, -0.1) is 6.58 Å². The summed E-state index contributed by atoms with van der Waals surface area (Å²) in [5.41, 5.74) is 0. The molecule has 3 heteroatoms. The number of hydroxylamine groups is 2. The normalized spacial score (nSPS) is 14.4. The van der Waals surface area contributed by atoms with E-state index in [1.54, 1.807) is 7.05 Å². The number of allylic oxidation sites excluding steroid dienone is 1. The van der Waals surface area contributed by atoms with Crippen molar-refractivity contribution in [2.45, 2.75) is 33.1 Å². The number of carbonyl (C=O) groups excluding carboxylic acids is 1. The Hall–Kier alpha value is -0.830. The van der Waals surface area contributed by atoms with Gasteiger partial charge >= 0.3 is 0 Å². The summed E-state index contributed by atoms with van der Waals surface area (Å²) in [6.45, 7) is 7.81. The molecule has 0 radical (unpaired) electrons. The molecule has 88 valence electrons. The van der Waals surface area contributed by atoms with Crippen LogP contribution >= 0.6 is 0 Å². The summed E-state index contributed by atoms with van der Waals surface area (Å²) in [7, 11) is 3.15. The van der Waals surface area contributed by atoms with Crippen molar-refractivity contribution in [3.8, 4) is 0 Å². The van der Waals surface area contributed by atoms with Gasteiger partial charge < -0.3 is 0 Å². The predicted octanol–water partition coefficient (Wildman–Crippen LogP) is 2.63. The molecule has 0 aliphatic heterocycles. The van der Waals surface area contributed by atoms with E-state index in [1.807, 2.05) is 13.0 Å². The molecule has 0 saturated heterocycles. The number of carbonyl (C=O) groups is 1. The van der Waals surface area contributed by atoms with Crippen molar-refractivity contribution in [3.05, 3.63) is 12.7 Å². The van der Waals surface area contributed by atoms with Crippen LogP contribution in [-0.4, -0.2) is 25.1 Å². The molecule has 0 bridgehead atoms. The van der Waals surface area contributed by atoms with E-state index in [2.05, 4.69) is 13.5 Å². The minimum atomic E-state index is 0.0229. The first kappa shape index (κ1) is 14.2. The third-order valence-electron chi connectivity index (χ3n) is 2.63. The molecule has 1 unspecified atom stereocenters. The van der Waals surface area contributed by atoms with E-state index in [0.717, 1.165) is 19.3 Å². The van der Waals surface area contributed by atoms with Crippen LogP contribution in [0.2, 0.25) is 0 Å². The van der Waals surface area contributed by atoms with Crippen LogP contribution in [0, 0.1) is 11.8 Å². The van der Waals surface area contributed by atoms with Crippen molar-refractivity contribution < 1.29 is 9.63 Å². The number of rotatable bonds is 7. The quantitative estimate of drug-likeness (QED) is 0.480. The van der Waals surface area contributed by atoms with Gasteiger partial charge in [-0.25, -0.2) is 5.06 Å². The third kappa shape index (κ3) is 5.57. The molecule has 0 rings (SSSR count). The average Bonchev–Trinajstić information content (AvgIpc) is 2.23. The largest absolute Gasteiger partial charge is 0.275 e. The lowest BCUT2D eigenvalue weighted by molar-refractivity contribution is -0.173. The molecule has 0 saturated carbocycles. The van der Waals surface area contributed by atoms with E-state index < -0.39 is 0 Å². The molecule has 0 N–H and O–H groups in total. The Kier molecular flexibility index (Phi) is 7.05. The molecular weight excluding hydrogens is 190 g/mol. The SMILES string of the molecule is C=CCC[C@@H](C)CC(C)C(=O)N(C)OC. The lowest BCUT2D eigenvalue weighted by Crippen LogP contribution is -2.31. The first-order chi connectivity index (χ1) is 7.02. The van der Waals surface area contributed by atoms with Crippen LogP contribution in [-0.2, 0) is 9.63 Å². The van der Waals surface area contributed by atoms with E-state index in [0.29, 0.717) is 5.92 Å². The Morgan fingerprint density at radius 2 is 2.13 bits per heavy atom. The van der Waals surface area contributed by atoms with Crippen molar-refractivity contribution >= 4 is 5.91 Å². The van der Waals surface area contributed by atoms with E-state index in [-0.39, 0.29) is 11.8 Å². The van der Waals surface area contributed by atoms with Crippen molar-refractivity contribution in [2.24, 2.45) is 11.8 Å². The highest BCUT2D eigenvalue weighted by molar-refractivity contribution is 5.77. The predicted molar refractivity (Wildman–Crippen MR) is 62.2 cm³/mol. The molecule has 1 amide bonds. The highest BCUT2D eigenvalue weighted by Crippen LogP contribution is 2.18. The van der Waals surface area contributed by atoms with Gasteiger partial charge in [0.15, 0.2) is 0 Å². The van der Waals surface area contributed by atoms with Crippen LogP contribution in [0.4, 0.5) is 0 Å². The maximum atomic E-state index is 11.7. The van der Waals surface area contributed by atoms with Gasteiger partial charge in [0, 0.05) is 13.0 Å². The van der Waals surface area contributed by atoms with Crippen LogP contribution in [0.25, 0.3) is 0 Å². The van der Waals surface area contributed by atoms with Crippen LogP contribution < -0.4 is 0 Å². The van der Waals surface area contributed by atoms with Crippen molar-refractivity contribution in [1.82, 2.24) is 5.06 Å². The van der Waals surface area contributed by atoms with E-state index in [4.69, 9.17) is 4.84 Å². The Balaban J connectivity index is 3.95. The van der Waals surface area contributed by atoms with Crippen molar-refractivity contribution in [1.29, 1.82) is 0 Å². The van der Waals surface area contributed by atoms with Crippen LogP contribution in [0.3, 0.4) is 0 Å². The third-order valence-corrected chi connectivity index (χ3v) is 2.63. The zero-order valence-corrected chi connectivity index (χ0v) is 10.3. The summed E-state index contributed by atoms with van der Waals surface area (Å²) in [5.74, 6) is 0.616. The molecule has 0 aliphatic carbocycles. The second kappa shape index (κ2) is 7.46. The first-order valence-corrected chi connectivity index (χ1v) is 5.45. The molecule has 0 spiro atoms. The van der Waals surface area contributed by atoms with Crippen LogP contribution in [0.15, 0.2) is 12.7 Å². The zero-order chi connectivity index (χ0) is 11.8. The van der Waals surface area contributed by atoms with Gasteiger partial charge in [-0.3, -0.25) is 9.63 Å². The lowest BCUT2D eigenvalue weighted by atomic mass is 9.93. The number of amides is 1. The fraction of sp³-hybridized carbons (Fsp3) is 0.750. The maximum absolute atomic E-state index is 11.7. The first-order valence-electron chi connectivity index (χ1n) is 5.45. The molecule has 0 fully saturated rings. The molecule has 0 aromatic heterocycles. The molecule has 0 aromatic rings. The van der Waals surface area contributed by atoms with Gasteiger partial charge in [-0.05, 0) is 25.2 Å². The molecule has 15 heavy (non-hydrogen) atoms. The monoisotopic (exact) mass is 213 g/mol. The van der Waals surface area contributed by atoms with Crippen LogP contribution in [0.1, 0.15) is 33.1 Å². The lowest BCUT2D eigenvalue weighted by Gasteiger charge is -2.21. The highest BCUT2D eigenvalue weighted by atomic mass is 16.7. The summed E-state index contributed by atoms with van der Waals surface area (Å²) in [6.07, 6.45) is 4.94. The van der Waals surface area contributed by atoms with E-state index >= 15 is 0 Å². The summed E-state index contributed by atoms with van der Waals surface area (Å²) >= 11 is 0. The second-order valence-corrected chi connectivity index (χ2v) is 4.13. The van der Waals surface area contributed by atoms with Crippen molar-refractivity contribution in [2.75, 3.05) is 14.2 Å². The van der Waals surface area contributed by atoms with Crippen LogP contribution in [0.5, 0.6) is 0 Å². The number of nitrogens with zero attached hydrogens (tertiary/aromatic N) is 1. The molecule has 3 nitrogen and oxygen atoms in total. The summed E-state index contributed by atoms with van der Waals surface area (Å²) < 4.78 is 0. The number of hydrogen-bond donors (Lipinski definition) is 0. The molecule has 2 atom stereocenters. The minimum Gasteiger partial charge on any atom is -0.275 e. The fourth-order valence-electron chi connectivity index (χ4n) is 1.62. The van der Waals surface area contributed by atoms with Gasteiger partial charge in [-0.2, -0.15) is 0 Å². The fourth-order valence-corrected chi connectivity index (χ4v) is 1.62. The highest BCUT2D eigenvalue weighted by Gasteiger charge is 2.19. The average molecular weight is 213 g/mol.